The first-order valence-corrected chi connectivity index (χ1v) is 8.51. The minimum Gasteiger partial charge on any atom is -0.478 e. The number of amides is 1. The van der Waals surface area contributed by atoms with E-state index in [0.29, 0.717) is 30.2 Å². The molecule has 10 heteroatoms. The number of methoxy groups -OCH3 is 1. The predicted octanol–water partition coefficient (Wildman–Crippen LogP) is 1.60. The first kappa shape index (κ1) is 19.2. The Morgan fingerprint density at radius 1 is 1.32 bits per heavy atom. The molecule has 3 heterocycles. The summed E-state index contributed by atoms with van der Waals surface area (Å²) >= 11 is 0. The standard InChI is InChI=1S/C18H19N5O5/c1-27-6-2-5-23-11-14(21-22-23)15-3-4-16(28-15)17(24)20-9-12-7-13(18(25)26)10-19-8-12/h3-4,7-8,10-11H,2,5-6,9H2,1H3,(H,20,24)(H,25,26). The normalized spacial score (nSPS) is 10.8. The first-order chi connectivity index (χ1) is 13.6. The van der Waals surface area contributed by atoms with Crippen LogP contribution in [0.5, 0.6) is 0 Å². The zero-order valence-corrected chi connectivity index (χ0v) is 15.2. The molecule has 3 aromatic rings. The molecule has 0 radical (unpaired) electrons. The Kier molecular flexibility index (Phi) is 6.12. The molecule has 3 rings (SSSR count). The highest BCUT2D eigenvalue weighted by Gasteiger charge is 2.14. The molecule has 0 aromatic carbocycles. The van der Waals surface area contributed by atoms with Crippen LogP contribution in [0.15, 0.2) is 41.2 Å². The third-order valence-electron chi connectivity index (χ3n) is 3.85. The van der Waals surface area contributed by atoms with Crippen molar-refractivity contribution in [2.24, 2.45) is 0 Å². The van der Waals surface area contributed by atoms with E-state index >= 15 is 0 Å². The van der Waals surface area contributed by atoms with Crippen molar-refractivity contribution in [1.29, 1.82) is 0 Å². The Hall–Kier alpha value is -3.53. The van der Waals surface area contributed by atoms with E-state index in [4.69, 9.17) is 14.3 Å². The molecule has 0 saturated heterocycles. The van der Waals surface area contributed by atoms with Gasteiger partial charge in [-0.2, -0.15) is 0 Å². The van der Waals surface area contributed by atoms with Gasteiger partial charge >= 0.3 is 5.97 Å². The third-order valence-corrected chi connectivity index (χ3v) is 3.85. The van der Waals surface area contributed by atoms with Crippen molar-refractivity contribution in [3.05, 3.63) is 53.7 Å². The third kappa shape index (κ3) is 4.80. The molecule has 2 N–H and O–H groups in total. The number of carboxylic acids is 1. The molecule has 10 nitrogen and oxygen atoms in total. The number of pyridine rings is 1. The lowest BCUT2D eigenvalue weighted by Gasteiger charge is -2.04. The number of carboxylic acid groups (broad SMARTS) is 1. The second-order valence-electron chi connectivity index (χ2n) is 5.95. The van der Waals surface area contributed by atoms with Gasteiger partial charge in [-0.3, -0.25) is 14.5 Å². The number of rotatable bonds is 9. The molecule has 1 amide bonds. The number of aromatic carboxylic acids is 1. The molecule has 3 aromatic heterocycles. The number of hydrogen-bond acceptors (Lipinski definition) is 7. The van der Waals surface area contributed by atoms with E-state index in [9.17, 15) is 9.59 Å². The largest absolute Gasteiger partial charge is 0.478 e. The van der Waals surface area contributed by atoms with Crippen molar-refractivity contribution in [3.63, 3.8) is 0 Å². The van der Waals surface area contributed by atoms with Crippen LogP contribution in [0.25, 0.3) is 11.5 Å². The van der Waals surface area contributed by atoms with Crippen LogP contribution in [0, 0.1) is 0 Å². The summed E-state index contributed by atoms with van der Waals surface area (Å²) in [7, 11) is 1.64. The number of aromatic nitrogens is 4. The number of furan rings is 1. The van der Waals surface area contributed by atoms with Crippen LogP contribution < -0.4 is 5.32 Å². The molecule has 0 unspecified atom stereocenters. The Morgan fingerprint density at radius 2 is 2.18 bits per heavy atom. The number of ether oxygens (including phenoxy) is 1. The van der Waals surface area contributed by atoms with Crippen LogP contribution in [-0.4, -0.2) is 50.7 Å². The number of nitrogens with zero attached hydrogens (tertiary/aromatic N) is 4. The van der Waals surface area contributed by atoms with Gasteiger partial charge in [0.05, 0.1) is 11.8 Å². The van der Waals surface area contributed by atoms with Crippen molar-refractivity contribution in [2.45, 2.75) is 19.5 Å². The Morgan fingerprint density at radius 3 is 2.96 bits per heavy atom. The molecule has 0 atom stereocenters. The molecule has 146 valence electrons. The second kappa shape index (κ2) is 8.91. The van der Waals surface area contributed by atoms with E-state index < -0.39 is 11.9 Å². The average molecular weight is 385 g/mol. The highest BCUT2D eigenvalue weighted by Crippen LogP contribution is 2.19. The maximum absolute atomic E-state index is 12.3. The van der Waals surface area contributed by atoms with Crippen molar-refractivity contribution < 1.29 is 23.8 Å². The lowest BCUT2D eigenvalue weighted by molar-refractivity contribution is 0.0696. The van der Waals surface area contributed by atoms with E-state index in [-0.39, 0.29) is 17.9 Å². The lowest BCUT2D eigenvalue weighted by Crippen LogP contribution is -2.22. The zero-order chi connectivity index (χ0) is 19.9. The summed E-state index contributed by atoms with van der Waals surface area (Å²) < 4.78 is 12.2. The minimum absolute atomic E-state index is 0.0561. The van der Waals surface area contributed by atoms with Crippen LogP contribution in [0.4, 0.5) is 0 Å². The van der Waals surface area contributed by atoms with Gasteiger partial charge < -0.3 is 19.6 Å². The van der Waals surface area contributed by atoms with Gasteiger partial charge in [-0.1, -0.05) is 5.21 Å². The molecular formula is C18H19N5O5. The summed E-state index contributed by atoms with van der Waals surface area (Å²) in [5.41, 5.74) is 1.15. The second-order valence-corrected chi connectivity index (χ2v) is 5.95. The topological polar surface area (TPSA) is 132 Å². The monoisotopic (exact) mass is 385 g/mol. The minimum atomic E-state index is -1.08. The number of carbonyl (C=O) groups is 2. The van der Waals surface area contributed by atoms with Crippen LogP contribution in [0.2, 0.25) is 0 Å². The highest BCUT2D eigenvalue weighted by atomic mass is 16.5. The molecule has 0 saturated carbocycles. The van der Waals surface area contributed by atoms with Crippen molar-refractivity contribution in [3.8, 4) is 11.5 Å². The quantitative estimate of drug-likeness (QED) is 0.531. The van der Waals surface area contributed by atoms with Crippen molar-refractivity contribution >= 4 is 11.9 Å². The maximum atomic E-state index is 12.3. The lowest BCUT2D eigenvalue weighted by atomic mass is 10.2. The van der Waals surface area contributed by atoms with E-state index in [1.807, 2.05) is 0 Å². The number of carbonyl (C=O) groups excluding carboxylic acids is 1. The van der Waals surface area contributed by atoms with Gasteiger partial charge in [-0.05, 0) is 30.2 Å². The van der Waals surface area contributed by atoms with Crippen molar-refractivity contribution in [2.75, 3.05) is 13.7 Å². The highest BCUT2D eigenvalue weighted by molar-refractivity contribution is 5.92. The summed E-state index contributed by atoms with van der Waals surface area (Å²) in [6, 6.07) is 4.64. The van der Waals surface area contributed by atoms with Crippen molar-refractivity contribution in [1.82, 2.24) is 25.3 Å². The van der Waals surface area contributed by atoms with E-state index in [0.717, 1.165) is 6.42 Å². The molecule has 28 heavy (non-hydrogen) atoms. The molecule has 0 aliphatic heterocycles. The number of hydrogen-bond donors (Lipinski definition) is 2. The maximum Gasteiger partial charge on any atom is 0.337 e. The van der Waals surface area contributed by atoms with Gasteiger partial charge in [0.15, 0.2) is 11.5 Å². The van der Waals surface area contributed by atoms with Gasteiger partial charge in [0, 0.05) is 39.2 Å². The van der Waals surface area contributed by atoms with Gasteiger partial charge in [-0.25, -0.2) is 4.79 Å². The van der Waals surface area contributed by atoms with E-state index in [2.05, 4.69) is 20.6 Å². The summed E-state index contributed by atoms with van der Waals surface area (Å²) in [5.74, 6) is -0.963. The molecule has 0 spiro atoms. The molecule has 0 bridgehead atoms. The van der Waals surface area contributed by atoms with Gasteiger partial charge in [0.1, 0.15) is 5.69 Å². The SMILES string of the molecule is COCCCn1cc(-c2ccc(C(=O)NCc3cncc(C(=O)O)c3)o2)nn1. The fraction of sp³-hybridized carbons (Fsp3) is 0.278. The van der Waals surface area contributed by atoms with Gasteiger partial charge in [-0.15, -0.1) is 5.10 Å². The van der Waals surface area contributed by atoms with E-state index in [1.54, 1.807) is 30.1 Å². The Balaban J connectivity index is 1.59. The van der Waals surface area contributed by atoms with E-state index in [1.165, 1.54) is 18.5 Å². The summed E-state index contributed by atoms with van der Waals surface area (Å²) in [6.07, 6.45) is 5.28. The smallest absolute Gasteiger partial charge is 0.337 e. The Bertz CT molecular complexity index is 965. The summed E-state index contributed by atoms with van der Waals surface area (Å²) in [6.45, 7) is 1.42. The zero-order valence-electron chi connectivity index (χ0n) is 15.2. The molecule has 0 fully saturated rings. The summed E-state index contributed by atoms with van der Waals surface area (Å²) in [4.78, 5) is 27.1. The first-order valence-electron chi connectivity index (χ1n) is 8.51. The van der Waals surface area contributed by atoms with Crippen LogP contribution >= 0.6 is 0 Å². The predicted molar refractivity (Wildman–Crippen MR) is 96.6 cm³/mol. The van der Waals surface area contributed by atoms with Gasteiger partial charge in [0.25, 0.3) is 5.91 Å². The van der Waals surface area contributed by atoms with Gasteiger partial charge in [0.2, 0.25) is 0 Å². The molecular weight excluding hydrogens is 366 g/mol. The number of nitrogens with one attached hydrogen (secondary N) is 1. The average Bonchev–Trinajstić information content (AvgIpc) is 3.36. The fourth-order valence-electron chi connectivity index (χ4n) is 2.46. The fourth-order valence-corrected chi connectivity index (χ4v) is 2.46. The van der Waals surface area contributed by atoms with Crippen LogP contribution in [-0.2, 0) is 17.8 Å². The molecule has 0 aliphatic rings. The van der Waals surface area contributed by atoms with Crippen LogP contribution in [0.1, 0.15) is 32.9 Å². The van der Waals surface area contributed by atoms with Crippen LogP contribution in [0.3, 0.4) is 0 Å². The number of aryl methyl sites for hydroxylation is 1. The summed E-state index contributed by atoms with van der Waals surface area (Å²) in [5, 5.41) is 19.7. The Labute approximate surface area is 160 Å². The molecule has 0 aliphatic carbocycles.